The summed E-state index contributed by atoms with van der Waals surface area (Å²) >= 11 is 1.54. The number of hydrogen-bond acceptors (Lipinski definition) is 5. The van der Waals surface area contributed by atoms with Gasteiger partial charge in [0.1, 0.15) is 6.54 Å². The van der Waals surface area contributed by atoms with Crippen LogP contribution in [0.4, 0.5) is 5.69 Å². The molecule has 2 aliphatic rings. The van der Waals surface area contributed by atoms with Gasteiger partial charge in [-0.05, 0) is 37.0 Å². The minimum Gasteiger partial charge on any atom is -0.344 e. The third-order valence-corrected chi connectivity index (χ3v) is 7.30. The van der Waals surface area contributed by atoms with Crippen molar-refractivity contribution >= 4 is 29.3 Å². The van der Waals surface area contributed by atoms with Crippen molar-refractivity contribution in [1.29, 1.82) is 0 Å². The highest BCUT2D eigenvalue weighted by Crippen LogP contribution is 2.34. The van der Waals surface area contributed by atoms with Gasteiger partial charge in [0.05, 0.1) is 11.4 Å². The number of hydrogen-bond donors (Lipinski definition) is 2. The van der Waals surface area contributed by atoms with Crippen molar-refractivity contribution in [2.24, 2.45) is 0 Å². The Morgan fingerprint density at radius 3 is 2.69 bits per heavy atom. The highest BCUT2D eigenvalue weighted by atomic mass is 32.2. The number of nitrogens with one attached hydrogen (secondary N) is 2. The number of carbonyl (C=O) groups is 2. The van der Waals surface area contributed by atoms with E-state index in [0.29, 0.717) is 17.8 Å². The molecule has 2 aliphatic heterocycles. The largest absolute Gasteiger partial charge is 0.344 e. The molecule has 2 aromatic carbocycles. The van der Waals surface area contributed by atoms with Gasteiger partial charge in [-0.3, -0.25) is 20.4 Å². The SMILES string of the molecule is CN(CCCCCC1CC(c2ccccc2)NN1)C(=O)CN1C(=O)CSc2ccccc21. The number of amides is 2. The molecule has 1 fully saturated rings. The molecule has 0 spiro atoms. The molecule has 32 heavy (non-hydrogen) atoms. The lowest BCUT2D eigenvalue weighted by Crippen LogP contribution is -2.44. The average molecular weight is 453 g/mol. The fourth-order valence-corrected chi connectivity index (χ4v) is 5.28. The van der Waals surface area contributed by atoms with Gasteiger partial charge >= 0.3 is 0 Å². The van der Waals surface area contributed by atoms with Gasteiger partial charge in [0.25, 0.3) is 0 Å². The molecule has 7 heteroatoms. The molecule has 4 rings (SSSR count). The number of nitrogens with zero attached hydrogens (tertiary/aromatic N) is 2. The first kappa shape index (κ1) is 22.8. The van der Waals surface area contributed by atoms with Crippen LogP contribution in [0.3, 0.4) is 0 Å². The number of carbonyl (C=O) groups excluding carboxylic acids is 2. The molecule has 170 valence electrons. The van der Waals surface area contributed by atoms with Gasteiger partial charge < -0.3 is 9.80 Å². The molecule has 0 bridgehead atoms. The fourth-order valence-electron chi connectivity index (χ4n) is 4.34. The van der Waals surface area contributed by atoms with Gasteiger partial charge in [0, 0.05) is 30.6 Å². The van der Waals surface area contributed by atoms with Gasteiger partial charge in [-0.1, -0.05) is 55.3 Å². The molecule has 2 N–H and O–H groups in total. The molecule has 0 saturated carbocycles. The van der Waals surface area contributed by atoms with Crippen LogP contribution in [0.15, 0.2) is 59.5 Å². The van der Waals surface area contributed by atoms with Crippen LogP contribution in [0.5, 0.6) is 0 Å². The molecular formula is C25H32N4O2S. The van der Waals surface area contributed by atoms with Crippen LogP contribution in [0.25, 0.3) is 0 Å². The summed E-state index contributed by atoms with van der Waals surface area (Å²) in [6, 6.07) is 19.2. The molecule has 6 nitrogen and oxygen atoms in total. The van der Waals surface area contributed by atoms with E-state index in [9.17, 15) is 9.59 Å². The summed E-state index contributed by atoms with van der Waals surface area (Å²) in [6.07, 6.45) is 5.44. The Hall–Kier alpha value is -2.35. The lowest BCUT2D eigenvalue weighted by molar-refractivity contribution is -0.130. The third kappa shape index (κ3) is 5.71. The molecule has 0 aliphatic carbocycles. The number of benzene rings is 2. The summed E-state index contributed by atoms with van der Waals surface area (Å²) in [5.41, 5.74) is 9.02. The molecule has 0 radical (unpaired) electrons. The Kier molecular flexibility index (Phi) is 7.84. The number of para-hydroxylation sites is 1. The van der Waals surface area contributed by atoms with E-state index in [1.54, 1.807) is 9.80 Å². The summed E-state index contributed by atoms with van der Waals surface area (Å²) in [6.45, 7) is 0.839. The van der Waals surface area contributed by atoms with E-state index in [1.165, 1.54) is 17.3 Å². The summed E-state index contributed by atoms with van der Waals surface area (Å²) in [4.78, 5) is 29.6. The van der Waals surface area contributed by atoms with E-state index >= 15 is 0 Å². The van der Waals surface area contributed by atoms with Crippen molar-refractivity contribution in [3.05, 3.63) is 60.2 Å². The van der Waals surface area contributed by atoms with E-state index in [0.717, 1.165) is 49.2 Å². The molecule has 2 aromatic rings. The monoisotopic (exact) mass is 452 g/mol. The third-order valence-electron chi connectivity index (χ3n) is 6.26. The first-order valence-electron chi connectivity index (χ1n) is 11.4. The van der Waals surface area contributed by atoms with Crippen molar-refractivity contribution in [2.45, 2.75) is 49.1 Å². The zero-order valence-electron chi connectivity index (χ0n) is 18.6. The zero-order chi connectivity index (χ0) is 22.3. The quantitative estimate of drug-likeness (QED) is 0.568. The highest BCUT2D eigenvalue weighted by molar-refractivity contribution is 8.00. The molecule has 0 aromatic heterocycles. The first-order valence-corrected chi connectivity index (χ1v) is 12.4. The van der Waals surface area contributed by atoms with E-state index < -0.39 is 0 Å². The van der Waals surface area contributed by atoms with Crippen molar-refractivity contribution in [1.82, 2.24) is 15.8 Å². The predicted molar refractivity (Wildman–Crippen MR) is 129 cm³/mol. The predicted octanol–water partition coefficient (Wildman–Crippen LogP) is 3.75. The number of likely N-dealkylation sites (N-methyl/N-ethyl adjacent to an activating group) is 1. The van der Waals surface area contributed by atoms with Crippen molar-refractivity contribution in [3.8, 4) is 0 Å². The number of hydrazine groups is 1. The van der Waals surface area contributed by atoms with Gasteiger partial charge in [-0.2, -0.15) is 0 Å². The second kappa shape index (κ2) is 11.0. The molecular weight excluding hydrogens is 420 g/mol. The standard InChI is InChI=1S/C25H32N4O2S/c1-28(24(30)17-29-22-13-7-8-14-23(22)32-18-25(29)31)15-9-3-6-12-20-16-21(27-26-20)19-10-4-2-5-11-19/h2,4-5,7-8,10-11,13-14,20-21,26-27H,3,6,9,12,15-18H2,1H3. The summed E-state index contributed by atoms with van der Waals surface area (Å²) in [7, 11) is 1.84. The van der Waals surface area contributed by atoms with Crippen LogP contribution in [0.1, 0.15) is 43.7 Å². The van der Waals surface area contributed by atoms with Gasteiger partial charge in [-0.25, -0.2) is 0 Å². The number of fused-ring (bicyclic) bond motifs is 1. The molecule has 2 unspecified atom stereocenters. The number of unbranched alkanes of at least 4 members (excludes halogenated alkanes) is 2. The van der Waals surface area contributed by atoms with Gasteiger partial charge in [0.15, 0.2) is 0 Å². The maximum absolute atomic E-state index is 12.7. The lowest BCUT2D eigenvalue weighted by Gasteiger charge is -2.30. The Labute approximate surface area is 194 Å². The smallest absolute Gasteiger partial charge is 0.242 e. The van der Waals surface area contributed by atoms with Crippen molar-refractivity contribution in [3.63, 3.8) is 0 Å². The Morgan fingerprint density at radius 2 is 1.84 bits per heavy atom. The highest BCUT2D eigenvalue weighted by Gasteiger charge is 2.27. The second-order valence-corrected chi connectivity index (χ2v) is 9.60. The maximum atomic E-state index is 12.7. The van der Waals surface area contributed by atoms with E-state index in [1.807, 2.05) is 37.4 Å². The van der Waals surface area contributed by atoms with Crippen LogP contribution >= 0.6 is 11.8 Å². The number of thioether (sulfide) groups is 1. The average Bonchev–Trinajstić information content (AvgIpc) is 3.30. The Bertz CT molecular complexity index is 923. The minimum absolute atomic E-state index is 0.00179. The maximum Gasteiger partial charge on any atom is 0.242 e. The van der Waals surface area contributed by atoms with Crippen LogP contribution in [0, 0.1) is 0 Å². The molecule has 1 saturated heterocycles. The zero-order valence-corrected chi connectivity index (χ0v) is 19.4. The van der Waals surface area contributed by atoms with Crippen LogP contribution in [0.2, 0.25) is 0 Å². The minimum atomic E-state index is -0.00702. The fraction of sp³-hybridized carbons (Fsp3) is 0.440. The second-order valence-electron chi connectivity index (χ2n) is 8.59. The first-order chi connectivity index (χ1) is 15.6. The summed E-state index contributed by atoms with van der Waals surface area (Å²) in [5.74, 6) is 0.387. The normalized spacial score (nSPS) is 20.3. The number of rotatable bonds is 9. The topological polar surface area (TPSA) is 64.7 Å². The Balaban J connectivity index is 1.15. The van der Waals surface area contributed by atoms with Crippen LogP contribution in [-0.4, -0.2) is 48.6 Å². The van der Waals surface area contributed by atoms with Crippen molar-refractivity contribution < 1.29 is 9.59 Å². The molecule has 2 atom stereocenters. The van der Waals surface area contributed by atoms with E-state index in [4.69, 9.17) is 0 Å². The molecule has 2 amide bonds. The van der Waals surface area contributed by atoms with Gasteiger partial charge in [-0.15, -0.1) is 11.8 Å². The molecule has 2 heterocycles. The van der Waals surface area contributed by atoms with E-state index in [-0.39, 0.29) is 18.4 Å². The summed E-state index contributed by atoms with van der Waals surface area (Å²) in [5, 5.41) is 0. The van der Waals surface area contributed by atoms with Crippen LogP contribution < -0.4 is 15.8 Å². The van der Waals surface area contributed by atoms with Crippen LogP contribution in [-0.2, 0) is 9.59 Å². The van der Waals surface area contributed by atoms with Gasteiger partial charge in [0.2, 0.25) is 11.8 Å². The van der Waals surface area contributed by atoms with Crippen molar-refractivity contribution in [2.75, 3.05) is 30.8 Å². The lowest BCUT2D eigenvalue weighted by atomic mass is 9.99. The summed E-state index contributed by atoms with van der Waals surface area (Å²) < 4.78 is 0. The van der Waals surface area contributed by atoms with E-state index in [2.05, 4.69) is 35.1 Å². The number of anilines is 1. The Morgan fingerprint density at radius 1 is 1.06 bits per heavy atom.